The Hall–Kier alpha value is -0.410. The molecule has 1 N–H and O–H groups in total. The Balaban J connectivity index is 2.11. The first kappa shape index (κ1) is 12.7. The summed E-state index contributed by atoms with van der Waals surface area (Å²) in [5.41, 5.74) is 3.07. The van der Waals surface area contributed by atoms with Gasteiger partial charge in [-0.2, -0.15) is 0 Å². The van der Waals surface area contributed by atoms with Crippen LogP contribution in [0, 0.1) is 5.92 Å². The molecule has 1 unspecified atom stereocenters. The predicted octanol–water partition coefficient (Wildman–Crippen LogP) is 3.45. The smallest absolute Gasteiger partial charge is 0.0795 e. The van der Waals surface area contributed by atoms with Crippen LogP contribution < -0.4 is 5.32 Å². The third-order valence-electron chi connectivity index (χ3n) is 2.77. The van der Waals surface area contributed by atoms with Gasteiger partial charge in [0.25, 0.3) is 0 Å². The Bertz CT molecular complexity index is 234. The molecule has 86 valence electrons. The molecule has 0 radical (unpaired) electrons. The van der Waals surface area contributed by atoms with Gasteiger partial charge in [0, 0.05) is 11.9 Å². The zero-order valence-corrected chi connectivity index (χ0v) is 10.6. The van der Waals surface area contributed by atoms with Crippen molar-refractivity contribution in [2.24, 2.45) is 5.92 Å². The standard InChI is InChI=1S/C12H22N2S/c1-3-5-6-11(4-2)7-13-8-12-9-15-10-14-12/h9-11,13H,3-8H2,1-2H3. The maximum Gasteiger partial charge on any atom is 0.0795 e. The van der Waals surface area contributed by atoms with Gasteiger partial charge in [-0.25, -0.2) is 4.98 Å². The maximum absolute atomic E-state index is 4.26. The number of nitrogens with one attached hydrogen (secondary N) is 1. The highest BCUT2D eigenvalue weighted by molar-refractivity contribution is 7.07. The number of unbranched alkanes of at least 4 members (excludes halogenated alkanes) is 1. The molecule has 0 bridgehead atoms. The van der Waals surface area contributed by atoms with Crippen molar-refractivity contribution in [1.82, 2.24) is 10.3 Å². The summed E-state index contributed by atoms with van der Waals surface area (Å²) in [6.45, 7) is 6.60. The summed E-state index contributed by atoms with van der Waals surface area (Å²) < 4.78 is 0. The summed E-state index contributed by atoms with van der Waals surface area (Å²) in [7, 11) is 0. The van der Waals surface area contributed by atoms with Gasteiger partial charge in [-0.05, 0) is 18.9 Å². The monoisotopic (exact) mass is 226 g/mol. The van der Waals surface area contributed by atoms with Crippen LogP contribution in [0.3, 0.4) is 0 Å². The van der Waals surface area contributed by atoms with Crippen molar-refractivity contribution in [1.29, 1.82) is 0 Å². The van der Waals surface area contributed by atoms with E-state index in [1.807, 2.05) is 5.51 Å². The number of hydrogen-bond acceptors (Lipinski definition) is 3. The van der Waals surface area contributed by atoms with E-state index < -0.39 is 0 Å². The van der Waals surface area contributed by atoms with Gasteiger partial charge in [0.05, 0.1) is 11.2 Å². The highest BCUT2D eigenvalue weighted by Gasteiger charge is 2.05. The molecule has 0 aliphatic heterocycles. The van der Waals surface area contributed by atoms with Crippen LogP contribution >= 0.6 is 11.3 Å². The molecule has 0 aliphatic carbocycles. The fourth-order valence-electron chi connectivity index (χ4n) is 1.67. The van der Waals surface area contributed by atoms with E-state index in [0.717, 1.165) is 19.0 Å². The third kappa shape index (κ3) is 5.28. The fourth-order valence-corrected chi connectivity index (χ4v) is 2.23. The topological polar surface area (TPSA) is 24.9 Å². The SMILES string of the molecule is CCCCC(CC)CNCc1cscn1. The quantitative estimate of drug-likeness (QED) is 0.734. The lowest BCUT2D eigenvalue weighted by Crippen LogP contribution is -2.22. The molecule has 0 saturated carbocycles. The lowest BCUT2D eigenvalue weighted by Gasteiger charge is -2.14. The van der Waals surface area contributed by atoms with E-state index >= 15 is 0 Å². The molecule has 0 spiro atoms. The molecule has 15 heavy (non-hydrogen) atoms. The second-order valence-electron chi connectivity index (χ2n) is 4.03. The zero-order valence-electron chi connectivity index (χ0n) is 9.83. The molecule has 0 amide bonds. The second-order valence-corrected chi connectivity index (χ2v) is 4.75. The Morgan fingerprint density at radius 3 is 2.93 bits per heavy atom. The van der Waals surface area contributed by atoms with Crippen LogP contribution in [0.4, 0.5) is 0 Å². The number of rotatable bonds is 8. The van der Waals surface area contributed by atoms with E-state index in [1.54, 1.807) is 11.3 Å². The minimum Gasteiger partial charge on any atom is -0.311 e. The Morgan fingerprint density at radius 2 is 2.33 bits per heavy atom. The van der Waals surface area contributed by atoms with Gasteiger partial charge in [-0.1, -0.05) is 33.1 Å². The molecule has 0 aliphatic rings. The molecule has 0 aromatic carbocycles. The normalized spacial score (nSPS) is 12.9. The van der Waals surface area contributed by atoms with Crippen molar-refractivity contribution >= 4 is 11.3 Å². The van der Waals surface area contributed by atoms with Gasteiger partial charge in [-0.15, -0.1) is 11.3 Å². The van der Waals surface area contributed by atoms with E-state index in [-0.39, 0.29) is 0 Å². The van der Waals surface area contributed by atoms with E-state index in [2.05, 4.69) is 29.5 Å². The lowest BCUT2D eigenvalue weighted by molar-refractivity contribution is 0.418. The molecule has 1 aromatic rings. The van der Waals surface area contributed by atoms with Gasteiger partial charge in [0.2, 0.25) is 0 Å². The van der Waals surface area contributed by atoms with Crippen LogP contribution in [-0.4, -0.2) is 11.5 Å². The maximum atomic E-state index is 4.26. The summed E-state index contributed by atoms with van der Waals surface area (Å²) in [6, 6.07) is 0. The Morgan fingerprint density at radius 1 is 1.47 bits per heavy atom. The van der Waals surface area contributed by atoms with Crippen LogP contribution in [0.1, 0.15) is 45.2 Å². The first-order valence-electron chi connectivity index (χ1n) is 5.94. The van der Waals surface area contributed by atoms with E-state index in [1.165, 1.54) is 31.4 Å². The summed E-state index contributed by atoms with van der Waals surface area (Å²) >= 11 is 1.67. The van der Waals surface area contributed by atoms with Crippen LogP contribution in [-0.2, 0) is 6.54 Å². The van der Waals surface area contributed by atoms with E-state index in [0.29, 0.717) is 0 Å². The molecule has 3 heteroatoms. The summed E-state index contributed by atoms with van der Waals surface area (Å²) in [5.74, 6) is 0.837. The summed E-state index contributed by atoms with van der Waals surface area (Å²) in [4.78, 5) is 4.26. The summed E-state index contributed by atoms with van der Waals surface area (Å²) in [6.07, 6.45) is 5.31. The average molecular weight is 226 g/mol. The van der Waals surface area contributed by atoms with Gasteiger partial charge >= 0.3 is 0 Å². The van der Waals surface area contributed by atoms with Gasteiger partial charge in [0.15, 0.2) is 0 Å². The van der Waals surface area contributed by atoms with E-state index in [4.69, 9.17) is 0 Å². The van der Waals surface area contributed by atoms with Crippen molar-refractivity contribution < 1.29 is 0 Å². The highest BCUT2D eigenvalue weighted by atomic mass is 32.1. The second kappa shape index (κ2) is 7.83. The molecule has 1 atom stereocenters. The zero-order chi connectivity index (χ0) is 10.9. The molecular formula is C12H22N2S. The van der Waals surface area contributed by atoms with Crippen molar-refractivity contribution in [2.75, 3.05) is 6.54 Å². The van der Waals surface area contributed by atoms with Crippen LogP contribution in [0.25, 0.3) is 0 Å². The van der Waals surface area contributed by atoms with Crippen molar-refractivity contribution in [3.63, 3.8) is 0 Å². The Kier molecular flexibility index (Phi) is 6.60. The van der Waals surface area contributed by atoms with Crippen molar-refractivity contribution in [2.45, 2.75) is 46.1 Å². The van der Waals surface area contributed by atoms with Crippen LogP contribution in [0.15, 0.2) is 10.9 Å². The Labute approximate surface area is 97.1 Å². The molecular weight excluding hydrogens is 204 g/mol. The average Bonchev–Trinajstić information content (AvgIpc) is 2.76. The minimum atomic E-state index is 0.837. The first-order chi connectivity index (χ1) is 7.36. The molecule has 2 nitrogen and oxygen atoms in total. The fraction of sp³-hybridized carbons (Fsp3) is 0.750. The largest absolute Gasteiger partial charge is 0.311 e. The van der Waals surface area contributed by atoms with Crippen LogP contribution in [0.5, 0.6) is 0 Å². The minimum absolute atomic E-state index is 0.837. The predicted molar refractivity (Wildman–Crippen MR) is 67.1 cm³/mol. The van der Waals surface area contributed by atoms with Crippen molar-refractivity contribution in [3.05, 3.63) is 16.6 Å². The molecule has 0 saturated heterocycles. The third-order valence-corrected chi connectivity index (χ3v) is 3.40. The van der Waals surface area contributed by atoms with Gasteiger partial charge in [-0.3, -0.25) is 0 Å². The molecule has 1 aromatic heterocycles. The molecule has 1 rings (SSSR count). The number of nitrogens with zero attached hydrogens (tertiary/aromatic N) is 1. The first-order valence-corrected chi connectivity index (χ1v) is 6.88. The van der Waals surface area contributed by atoms with Gasteiger partial charge < -0.3 is 5.32 Å². The van der Waals surface area contributed by atoms with Crippen molar-refractivity contribution in [3.8, 4) is 0 Å². The molecule has 1 heterocycles. The van der Waals surface area contributed by atoms with Gasteiger partial charge in [0.1, 0.15) is 0 Å². The highest BCUT2D eigenvalue weighted by Crippen LogP contribution is 2.11. The van der Waals surface area contributed by atoms with Crippen LogP contribution in [0.2, 0.25) is 0 Å². The molecule has 0 fully saturated rings. The summed E-state index contributed by atoms with van der Waals surface area (Å²) in [5, 5.41) is 5.60. The lowest BCUT2D eigenvalue weighted by atomic mass is 9.99. The number of hydrogen-bond donors (Lipinski definition) is 1. The number of aromatic nitrogens is 1. The number of thiazole rings is 1. The van der Waals surface area contributed by atoms with E-state index in [9.17, 15) is 0 Å².